The molecule has 0 saturated heterocycles. The molecule has 1 aromatic heterocycles. The maximum Gasteiger partial charge on any atom is 0.418 e. The second-order valence-electron chi connectivity index (χ2n) is 11.3. The Bertz CT molecular complexity index is 1970. The molecule has 0 atom stereocenters. The number of alkyl halides is 3. The summed E-state index contributed by atoms with van der Waals surface area (Å²) in [5, 5.41) is 3.33. The SMILES string of the molecule is CCCCc1nn(-c2ccccc2C(F)(F)F)c(=O)n1Cc1ccc(-c2cc(CCC)ccc2S(=O)(=O)NS(=O)(=O)C(C)C)cc1. The predicted molar refractivity (Wildman–Crippen MR) is 171 cm³/mol. The van der Waals surface area contributed by atoms with Crippen molar-refractivity contribution >= 4 is 20.0 Å². The largest absolute Gasteiger partial charge is 0.418 e. The van der Waals surface area contributed by atoms with Crippen LogP contribution in [0.2, 0.25) is 0 Å². The molecule has 0 bridgehead atoms. The minimum atomic E-state index is -4.69. The van der Waals surface area contributed by atoms with Crippen LogP contribution < -0.4 is 9.82 Å². The molecule has 1 N–H and O–H groups in total. The topological polar surface area (TPSA) is 120 Å². The number of halogens is 3. The lowest BCUT2D eigenvalue weighted by atomic mass is 10.00. The average molecular weight is 679 g/mol. The molecule has 0 aliphatic heterocycles. The molecule has 0 saturated carbocycles. The Hall–Kier alpha value is -3.75. The Labute approximate surface area is 267 Å². The van der Waals surface area contributed by atoms with Gasteiger partial charge in [0.25, 0.3) is 10.0 Å². The third-order valence-electron chi connectivity index (χ3n) is 7.45. The van der Waals surface area contributed by atoms with E-state index in [4.69, 9.17) is 0 Å². The summed E-state index contributed by atoms with van der Waals surface area (Å²) >= 11 is 0. The Kier molecular flexibility index (Phi) is 10.6. The van der Waals surface area contributed by atoms with Crippen LogP contribution in [0.4, 0.5) is 13.2 Å². The minimum absolute atomic E-state index is 0.0154. The van der Waals surface area contributed by atoms with Gasteiger partial charge < -0.3 is 0 Å². The molecule has 3 aromatic carbocycles. The number of benzene rings is 3. The molecule has 46 heavy (non-hydrogen) atoms. The Morgan fingerprint density at radius 1 is 0.870 bits per heavy atom. The molecule has 9 nitrogen and oxygen atoms in total. The first-order chi connectivity index (χ1) is 21.6. The van der Waals surface area contributed by atoms with Gasteiger partial charge in [-0.15, -0.1) is 9.23 Å². The van der Waals surface area contributed by atoms with Crippen molar-refractivity contribution in [1.29, 1.82) is 0 Å². The second kappa shape index (κ2) is 13.9. The Morgan fingerprint density at radius 3 is 2.13 bits per heavy atom. The van der Waals surface area contributed by atoms with Gasteiger partial charge in [0.2, 0.25) is 10.0 Å². The first kappa shape index (κ1) is 35.1. The number of nitrogens with one attached hydrogen (secondary N) is 1. The van der Waals surface area contributed by atoms with E-state index in [9.17, 15) is 34.8 Å². The highest BCUT2D eigenvalue weighted by Crippen LogP contribution is 2.33. The quantitative estimate of drug-likeness (QED) is 0.183. The number of sulfonamides is 2. The van der Waals surface area contributed by atoms with Gasteiger partial charge in [0.1, 0.15) is 5.82 Å². The summed E-state index contributed by atoms with van der Waals surface area (Å²) in [5.74, 6) is 0.339. The van der Waals surface area contributed by atoms with Crippen LogP contribution in [0, 0.1) is 0 Å². The summed E-state index contributed by atoms with van der Waals surface area (Å²) in [7, 11) is -8.61. The van der Waals surface area contributed by atoms with E-state index < -0.39 is 42.7 Å². The van der Waals surface area contributed by atoms with E-state index in [-0.39, 0.29) is 17.1 Å². The van der Waals surface area contributed by atoms with Gasteiger partial charge in [-0.05, 0) is 67.6 Å². The molecule has 0 fully saturated rings. The lowest BCUT2D eigenvalue weighted by molar-refractivity contribution is -0.137. The highest BCUT2D eigenvalue weighted by Gasteiger charge is 2.35. The van der Waals surface area contributed by atoms with Crippen molar-refractivity contribution in [3.8, 4) is 16.8 Å². The summed E-state index contributed by atoms with van der Waals surface area (Å²) < 4.78 is 96.7. The number of aryl methyl sites for hydroxylation is 2. The zero-order chi connectivity index (χ0) is 33.9. The molecule has 0 aliphatic rings. The number of unbranched alkanes of at least 4 members (excludes halogenated alkanes) is 1. The monoisotopic (exact) mass is 678 g/mol. The maximum atomic E-state index is 13.8. The maximum absolute atomic E-state index is 13.8. The van der Waals surface area contributed by atoms with Crippen LogP contribution in [0.15, 0.2) is 76.4 Å². The van der Waals surface area contributed by atoms with Crippen LogP contribution in [-0.4, -0.2) is 36.4 Å². The number of hydrogen-bond donors (Lipinski definition) is 1. The zero-order valence-corrected chi connectivity index (χ0v) is 27.6. The number of aromatic nitrogens is 3. The fraction of sp³-hybridized carbons (Fsp3) is 0.375. The molecule has 0 aliphatic carbocycles. The van der Waals surface area contributed by atoms with Crippen molar-refractivity contribution in [2.24, 2.45) is 0 Å². The van der Waals surface area contributed by atoms with Crippen LogP contribution in [0.3, 0.4) is 0 Å². The van der Waals surface area contributed by atoms with E-state index in [2.05, 4.69) is 5.10 Å². The van der Waals surface area contributed by atoms with Crippen LogP contribution in [0.25, 0.3) is 16.8 Å². The Balaban J connectivity index is 1.75. The van der Waals surface area contributed by atoms with E-state index in [1.54, 1.807) is 36.4 Å². The number of para-hydroxylation sites is 1. The highest BCUT2D eigenvalue weighted by atomic mass is 32.3. The van der Waals surface area contributed by atoms with Crippen molar-refractivity contribution in [2.45, 2.75) is 82.7 Å². The van der Waals surface area contributed by atoms with Crippen LogP contribution in [0.5, 0.6) is 0 Å². The molecule has 248 valence electrons. The molecular formula is C32H37F3N4O5S2. The fourth-order valence-corrected chi connectivity index (χ4v) is 7.98. The smallest absolute Gasteiger partial charge is 0.274 e. The van der Waals surface area contributed by atoms with Crippen molar-refractivity contribution in [1.82, 2.24) is 18.5 Å². The summed E-state index contributed by atoms with van der Waals surface area (Å²) in [6.45, 7) is 6.70. The molecule has 0 amide bonds. The molecule has 4 aromatic rings. The molecule has 0 spiro atoms. The van der Waals surface area contributed by atoms with E-state index in [1.165, 1.54) is 42.7 Å². The first-order valence-electron chi connectivity index (χ1n) is 14.9. The van der Waals surface area contributed by atoms with Crippen molar-refractivity contribution in [3.05, 3.63) is 99.7 Å². The van der Waals surface area contributed by atoms with E-state index in [0.29, 0.717) is 41.8 Å². The lowest BCUT2D eigenvalue weighted by Crippen LogP contribution is -2.36. The van der Waals surface area contributed by atoms with Gasteiger partial charge in [0, 0.05) is 12.0 Å². The second-order valence-corrected chi connectivity index (χ2v) is 15.4. The zero-order valence-electron chi connectivity index (χ0n) is 26.0. The fourth-order valence-electron chi connectivity index (χ4n) is 4.92. The third kappa shape index (κ3) is 7.78. The molecule has 1 heterocycles. The number of hydrogen-bond acceptors (Lipinski definition) is 6. The van der Waals surface area contributed by atoms with Gasteiger partial charge in [-0.2, -0.15) is 17.9 Å². The van der Waals surface area contributed by atoms with Gasteiger partial charge in [0.15, 0.2) is 0 Å². The third-order valence-corrected chi connectivity index (χ3v) is 11.4. The van der Waals surface area contributed by atoms with Crippen LogP contribution >= 0.6 is 0 Å². The molecule has 0 unspecified atom stereocenters. The normalized spacial score (nSPS) is 12.6. The van der Waals surface area contributed by atoms with Crippen LogP contribution in [0.1, 0.15) is 69.5 Å². The van der Waals surface area contributed by atoms with Gasteiger partial charge in [-0.1, -0.05) is 69.2 Å². The summed E-state index contributed by atoms with van der Waals surface area (Å²) in [4.78, 5) is 13.3. The van der Waals surface area contributed by atoms with E-state index in [1.807, 2.05) is 18.0 Å². The number of rotatable bonds is 13. The minimum Gasteiger partial charge on any atom is -0.274 e. The van der Waals surface area contributed by atoms with E-state index in [0.717, 1.165) is 29.2 Å². The highest BCUT2D eigenvalue weighted by molar-refractivity contribution is 8.05. The Morgan fingerprint density at radius 2 is 1.52 bits per heavy atom. The van der Waals surface area contributed by atoms with Gasteiger partial charge in [-0.3, -0.25) is 4.57 Å². The summed E-state index contributed by atoms with van der Waals surface area (Å²) in [6, 6.07) is 16.2. The van der Waals surface area contributed by atoms with E-state index >= 15 is 0 Å². The summed E-state index contributed by atoms with van der Waals surface area (Å²) in [6.07, 6.45) is -1.38. The van der Waals surface area contributed by atoms with Gasteiger partial charge in [-0.25, -0.2) is 21.6 Å². The lowest BCUT2D eigenvalue weighted by Gasteiger charge is -2.15. The van der Waals surface area contributed by atoms with Gasteiger partial charge in [0.05, 0.1) is 27.9 Å². The average Bonchev–Trinajstić information content (AvgIpc) is 3.29. The molecular weight excluding hydrogens is 642 g/mol. The van der Waals surface area contributed by atoms with Gasteiger partial charge >= 0.3 is 11.9 Å². The van der Waals surface area contributed by atoms with Crippen molar-refractivity contribution in [3.63, 3.8) is 0 Å². The van der Waals surface area contributed by atoms with Crippen molar-refractivity contribution in [2.75, 3.05) is 0 Å². The molecule has 0 radical (unpaired) electrons. The van der Waals surface area contributed by atoms with Crippen LogP contribution in [-0.2, 0) is 45.6 Å². The summed E-state index contributed by atoms with van der Waals surface area (Å²) in [5.41, 5.74) is 0.247. The molecule has 4 rings (SSSR count). The first-order valence-corrected chi connectivity index (χ1v) is 18.0. The molecule has 14 heteroatoms. The number of nitrogens with zero attached hydrogens (tertiary/aromatic N) is 3. The predicted octanol–water partition coefficient (Wildman–Crippen LogP) is 6.08. The standard InChI is InChI=1S/C32H37F3N4O5S2/c1-5-7-13-30-36-39(28-12-9-8-11-27(28)32(33,34)35)31(40)38(30)21-24-14-17-25(18-15-24)26-20-23(10-6-2)16-19-29(26)46(43,44)37-45(41,42)22(3)4/h8-9,11-12,14-20,22,37H,5-7,10,13,21H2,1-4H3. The van der Waals surface area contributed by atoms with Crippen molar-refractivity contribution < 1.29 is 30.0 Å².